The second-order valence-corrected chi connectivity index (χ2v) is 4.62. The third-order valence-corrected chi connectivity index (χ3v) is 3.15. The van der Waals surface area contributed by atoms with Gasteiger partial charge in [0.05, 0.1) is 12.4 Å². The van der Waals surface area contributed by atoms with Gasteiger partial charge in [0.15, 0.2) is 0 Å². The molecule has 1 aromatic heterocycles. The van der Waals surface area contributed by atoms with Crippen molar-refractivity contribution in [2.75, 3.05) is 0 Å². The number of hydrogen-bond acceptors (Lipinski definition) is 2. The van der Waals surface area contributed by atoms with Gasteiger partial charge in [0, 0.05) is 12.4 Å². The van der Waals surface area contributed by atoms with Crippen LogP contribution in [0.1, 0.15) is 31.0 Å². The Morgan fingerprint density at radius 3 is 2.68 bits per heavy atom. The van der Waals surface area contributed by atoms with Crippen molar-refractivity contribution in [3.05, 3.63) is 54.1 Å². The quantitative estimate of drug-likeness (QED) is 0.893. The first-order valence-electron chi connectivity index (χ1n) is 6.53. The van der Waals surface area contributed by atoms with Crippen LogP contribution in [0.2, 0.25) is 0 Å². The molecule has 0 radical (unpaired) electrons. The summed E-state index contributed by atoms with van der Waals surface area (Å²) in [7, 11) is 0. The lowest BCUT2D eigenvalue weighted by Gasteiger charge is -2.15. The summed E-state index contributed by atoms with van der Waals surface area (Å²) in [5, 5.41) is 2.98. The summed E-state index contributed by atoms with van der Waals surface area (Å²) in [6.45, 7) is 4.43. The Bertz CT molecular complexity index is 517. The number of carbonyl (C=O) groups is 1. The lowest BCUT2D eigenvalue weighted by Crippen LogP contribution is -2.29. The molecule has 100 valence electrons. The summed E-state index contributed by atoms with van der Waals surface area (Å²) in [6, 6.07) is 8.37. The molecule has 2 rings (SSSR count). The number of nitrogens with zero attached hydrogens (tertiary/aromatic N) is 2. The van der Waals surface area contributed by atoms with Crippen LogP contribution in [0.25, 0.3) is 0 Å². The van der Waals surface area contributed by atoms with Gasteiger partial charge in [-0.15, -0.1) is 0 Å². The Morgan fingerprint density at radius 1 is 1.37 bits per heavy atom. The number of carbonyl (C=O) groups excluding carboxylic acids is 1. The van der Waals surface area contributed by atoms with Crippen LogP contribution in [0.15, 0.2) is 43.0 Å². The molecule has 0 aliphatic heterocycles. The first-order chi connectivity index (χ1) is 9.19. The largest absolute Gasteiger partial charge is 0.348 e. The number of aryl methyl sites for hydroxylation is 1. The molecule has 0 saturated heterocycles. The van der Waals surface area contributed by atoms with Gasteiger partial charge in [-0.1, -0.05) is 31.2 Å². The average Bonchev–Trinajstić information content (AvgIpc) is 2.91. The normalized spacial score (nSPS) is 12.1. The van der Waals surface area contributed by atoms with Crippen LogP contribution < -0.4 is 5.32 Å². The third kappa shape index (κ3) is 3.68. The highest BCUT2D eigenvalue weighted by atomic mass is 16.2. The van der Waals surface area contributed by atoms with E-state index in [4.69, 9.17) is 0 Å². The molecule has 2 aromatic rings. The lowest BCUT2D eigenvalue weighted by molar-refractivity contribution is -0.122. The van der Waals surface area contributed by atoms with E-state index in [1.165, 1.54) is 5.56 Å². The predicted octanol–water partition coefficient (Wildman–Crippen LogP) is 2.32. The fraction of sp³-hybridized carbons (Fsp3) is 0.333. The molecule has 4 heteroatoms. The number of hydrogen-bond donors (Lipinski definition) is 1. The Hall–Kier alpha value is -2.10. The fourth-order valence-electron chi connectivity index (χ4n) is 1.96. The molecular weight excluding hydrogens is 238 g/mol. The van der Waals surface area contributed by atoms with Gasteiger partial charge in [0.2, 0.25) is 5.91 Å². The van der Waals surface area contributed by atoms with Crippen LogP contribution in [-0.2, 0) is 17.8 Å². The molecule has 0 aliphatic carbocycles. The van der Waals surface area contributed by atoms with E-state index >= 15 is 0 Å². The van der Waals surface area contributed by atoms with E-state index in [0.29, 0.717) is 6.54 Å². The molecule has 4 nitrogen and oxygen atoms in total. The van der Waals surface area contributed by atoms with Crippen molar-refractivity contribution in [2.24, 2.45) is 0 Å². The van der Waals surface area contributed by atoms with Crippen molar-refractivity contribution >= 4 is 5.91 Å². The van der Waals surface area contributed by atoms with E-state index in [1.807, 2.05) is 6.92 Å². The maximum absolute atomic E-state index is 11.9. The Balaban J connectivity index is 1.92. The summed E-state index contributed by atoms with van der Waals surface area (Å²) in [6.07, 6.45) is 6.11. The molecule has 0 saturated carbocycles. The van der Waals surface area contributed by atoms with Crippen molar-refractivity contribution in [3.8, 4) is 0 Å². The Labute approximate surface area is 113 Å². The summed E-state index contributed by atoms with van der Waals surface area (Å²) < 4.78 is 1.75. The van der Waals surface area contributed by atoms with E-state index in [2.05, 4.69) is 41.5 Å². The average molecular weight is 257 g/mol. The van der Waals surface area contributed by atoms with Crippen molar-refractivity contribution in [2.45, 2.75) is 32.9 Å². The van der Waals surface area contributed by atoms with Crippen LogP contribution in [0, 0.1) is 0 Å². The van der Waals surface area contributed by atoms with Crippen LogP contribution in [0.4, 0.5) is 0 Å². The van der Waals surface area contributed by atoms with Gasteiger partial charge in [0.25, 0.3) is 0 Å². The molecule has 0 unspecified atom stereocenters. The van der Waals surface area contributed by atoms with Gasteiger partial charge in [-0.05, 0) is 24.5 Å². The highest BCUT2D eigenvalue weighted by molar-refractivity contribution is 5.76. The minimum absolute atomic E-state index is 0.00920. The van der Waals surface area contributed by atoms with Gasteiger partial charge >= 0.3 is 0 Å². The van der Waals surface area contributed by atoms with Gasteiger partial charge in [0.1, 0.15) is 6.54 Å². The van der Waals surface area contributed by atoms with Gasteiger partial charge in [-0.25, -0.2) is 4.98 Å². The zero-order valence-electron chi connectivity index (χ0n) is 11.3. The van der Waals surface area contributed by atoms with Crippen LogP contribution in [-0.4, -0.2) is 15.5 Å². The molecule has 1 atom stereocenters. The lowest BCUT2D eigenvalue weighted by atomic mass is 10.1. The molecule has 1 amide bonds. The first-order valence-corrected chi connectivity index (χ1v) is 6.53. The minimum atomic E-state index is -0.00920. The smallest absolute Gasteiger partial charge is 0.240 e. The standard InChI is InChI=1S/C15H19N3O/c1-3-13-4-6-14(7-5-13)12(2)17-15(19)10-18-9-8-16-11-18/h4-9,11-12H,3,10H2,1-2H3,(H,17,19)/t12-/m1/s1. The SMILES string of the molecule is CCc1ccc([C@@H](C)NC(=O)Cn2ccnc2)cc1. The zero-order chi connectivity index (χ0) is 13.7. The van der Waals surface area contributed by atoms with Crippen molar-refractivity contribution in [1.29, 1.82) is 0 Å². The minimum Gasteiger partial charge on any atom is -0.348 e. The van der Waals surface area contributed by atoms with E-state index < -0.39 is 0 Å². The maximum Gasteiger partial charge on any atom is 0.240 e. The number of rotatable bonds is 5. The molecule has 0 spiro atoms. The van der Waals surface area contributed by atoms with Crippen molar-refractivity contribution in [3.63, 3.8) is 0 Å². The third-order valence-electron chi connectivity index (χ3n) is 3.15. The summed E-state index contributed by atoms with van der Waals surface area (Å²) >= 11 is 0. The second kappa shape index (κ2) is 6.18. The van der Waals surface area contributed by atoms with Crippen LogP contribution >= 0.6 is 0 Å². The Kier molecular flexibility index (Phi) is 4.34. The molecule has 1 heterocycles. The van der Waals surface area contributed by atoms with E-state index in [0.717, 1.165) is 12.0 Å². The van der Waals surface area contributed by atoms with Gasteiger partial charge in [-0.3, -0.25) is 4.79 Å². The molecule has 1 aromatic carbocycles. The molecule has 19 heavy (non-hydrogen) atoms. The number of benzene rings is 1. The van der Waals surface area contributed by atoms with Crippen molar-refractivity contribution < 1.29 is 4.79 Å². The molecule has 1 N–H and O–H groups in total. The second-order valence-electron chi connectivity index (χ2n) is 4.62. The first kappa shape index (κ1) is 13.3. The summed E-state index contributed by atoms with van der Waals surface area (Å²) in [4.78, 5) is 15.8. The van der Waals surface area contributed by atoms with E-state index in [1.54, 1.807) is 23.3 Å². The number of amides is 1. The highest BCUT2D eigenvalue weighted by Gasteiger charge is 2.09. The number of nitrogens with one attached hydrogen (secondary N) is 1. The predicted molar refractivity (Wildman–Crippen MR) is 74.6 cm³/mol. The van der Waals surface area contributed by atoms with Crippen LogP contribution in [0.3, 0.4) is 0 Å². The Morgan fingerprint density at radius 2 is 2.11 bits per heavy atom. The summed E-state index contributed by atoms with van der Waals surface area (Å²) in [5.74, 6) is -0.00920. The van der Waals surface area contributed by atoms with E-state index in [-0.39, 0.29) is 11.9 Å². The number of imidazole rings is 1. The monoisotopic (exact) mass is 257 g/mol. The fourth-order valence-corrected chi connectivity index (χ4v) is 1.96. The molecule has 0 bridgehead atoms. The van der Waals surface area contributed by atoms with Crippen LogP contribution in [0.5, 0.6) is 0 Å². The molecule has 0 fully saturated rings. The van der Waals surface area contributed by atoms with Crippen molar-refractivity contribution in [1.82, 2.24) is 14.9 Å². The zero-order valence-corrected chi connectivity index (χ0v) is 11.3. The van der Waals surface area contributed by atoms with Gasteiger partial charge in [-0.2, -0.15) is 0 Å². The topological polar surface area (TPSA) is 46.9 Å². The highest BCUT2D eigenvalue weighted by Crippen LogP contribution is 2.13. The number of aromatic nitrogens is 2. The molecule has 0 aliphatic rings. The summed E-state index contributed by atoms with van der Waals surface area (Å²) in [5.41, 5.74) is 2.43. The van der Waals surface area contributed by atoms with E-state index in [9.17, 15) is 4.79 Å². The molecular formula is C15H19N3O. The van der Waals surface area contributed by atoms with Gasteiger partial charge < -0.3 is 9.88 Å². The maximum atomic E-state index is 11.9.